The van der Waals surface area contributed by atoms with E-state index in [0.29, 0.717) is 16.2 Å². The van der Waals surface area contributed by atoms with Gasteiger partial charge in [0.1, 0.15) is 11.0 Å². The minimum atomic E-state index is -1.03. The van der Waals surface area contributed by atoms with Crippen LogP contribution in [-0.2, 0) is 4.79 Å². The summed E-state index contributed by atoms with van der Waals surface area (Å²) in [7, 11) is 0. The van der Waals surface area contributed by atoms with Gasteiger partial charge >= 0.3 is 5.97 Å². The first-order chi connectivity index (χ1) is 7.68. The SMILES string of the molecule is O=C(O)/C=C/Nc1c(Cl)ccc2nsnc12. The number of fused-ring (bicyclic) bond motifs is 1. The lowest BCUT2D eigenvalue weighted by Gasteiger charge is -2.03. The topological polar surface area (TPSA) is 75.1 Å². The molecular formula is C9H6ClN3O2S. The second-order valence-corrected chi connectivity index (χ2v) is 3.81. The molecule has 0 aliphatic rings. The molecule has 7 heteroatoms. The number of anilines is 1. The normalized spacial score (nSPS) is 11.1. The molecule has 5 nitrogen and oxygen atoms in total. The Morgan fingerprint density at radius 1 is 1.50 bits per heavy atom. The van der Waals surface area contributed by atoms with Gasteiger partial charge in [0.15, 0.2) is 0 Å². The highest BCUT2D eigenvalue weighted by Gasteiger charge is 2.08. The lowest BCUT2D eigenvalue weighted by molar-refractivity contribution is -0.131. The Labute approximate surface area is 99.7 Å². The van der Waals surface area contributed by atoms with E-state index in [9.17, 15) is 4.79 Å². The van der Waals surface area contributed by atoms with Gasteiger partial charge < -0.3 is 10.4 Å². The summed E-state index contributed by atoms with van der Waals surface area (Å²) in [6.45, 7) is 0. The van der Waals surface area contributed by atoms with Crippen LogP contribution in [0.5, 0.6) is 0 Å². The average Bonchev–Trinajstić information content (AvgIpc) is 2.69. The summed E-state index contributed by atoms with van der Waals surface area (Å²) >= 11 is 7.04. The van der Waals surface area contributed by atoms with Crippen molar-refractivity contribution in [3.8, 4) is 0 Å². The lowest BCUT2D eigenvalue weighted by atomic mass is 10.2. The third-order valence-electron chi connectivity index (χ3n) is 1.83. The van der Waals surface area contributed by atoms with Crippen LogP contribution in [0.4, 0.5) is 5.69 Å². The van der Waals surface area contributed by atoms with Crippen molar-refractivity contribution in [3.05, 3.63) is 29.4 Å². The first kappa shape index (κ1) is 10.8. The van der Waals surface area contributed by atoms with Crippen molar-refractivity contribution in [2.24, 2.45) is 0 Å². The van der Waals surface area contributed by atoms with Gasteiger partial charge in [-0.3, -0.25) is 0 Å². The predicted molar refractivity (Wildman–Crippen MR) is 62.8 cm³/mol. The number of benzene rings is 1. The van der Waals surface area contributed by atoms with Gasteiger partial charge in [-0.25, -0.2) is 4.79 Å². The van der Waals surface area contributed by atoms with Crippen LogP contribution in [0.3, 0.4) is 0 Å². The van der Waals surface area contributed by atoms with Crippen LogP contribution >= 0.6 is 23.3 Å². The van der Waals surface area contributed by atoms with Crippen LogP contribution in [0, 0.1) is 0 Å². The van der Waals surface area contributed by atoms with Crippen molar-refractivity contribution in [1.29, 1.82) is 0 Å². The molecule has 0 fully saturated rings. The fourth-order valence-corrected chi connectivity index (χ4v) is 1.91. The molecule has 2 rings (SSSR count). The molecule has 16 heavy (non-hydrogen) atoms. The lowest BCUT2D eigenvalue weighted by Crippen LogP contribution is -1.93. The van der Waals surface area contributed by atoms with E-state index in [-0.39, 0.29) is 0 Å². The number of hydrogen-bond acceptors (Lipinski definition) is 5. The van der Waals surface area contributed by atoms with Crippen LogP contribution in [0.15, 0.2) is 24.4 Å². The first-order valence-corrected chi connectivity index (χ1v) is 5.36. The molecular weight excluding hydrogens is 250 g/mol. The van der Waals surface area contributed by atoms with Crippen molar-refractivity contribution in [2.75, 3.05) is 5.32 Å². The van der Waals surface area contributed by atoms with E-state index in [1.54, 1.807) is 12.1 Å². The number of nitrogens with one attached hydrogen (secondary N) is 1. The van der Waals surface area contributed by atoms with Gasteiger partial charge in [-0.1, -0.05) is 11.6 Å². The minimum absolute atomic E-state index is 0.468. The van der Waals surface area contributed by atoms with Crippen LogP contribution in [0.2, 0.25) is 5.02 Å². The molecule has 0 radical (unpaired) electrons. The molecule has 0 atom stereocenters. The number of aliphatic carboxylic acids is 1. The summed E-state index contributed by atoms with van der Waals surface area (Å²) in [5.41, 5.74) is 1.92. The van der Waals surface area contributed by atoms with E-state index in [4.69, 9.17) is 16.7 Å². The molecule has 0 saturated carbocycles. The Kier molecular flexibility index (Phi) is 3.02. The number of halogens is 1. The first-order valence-electron chi connectivity index (χ1n) is 4.25. The second-order valence-electron chi connectivity index (χ2n) is 2.87. The molecule has 2 N–H and O–H groups in total. The molecule has 1 aromatic heterocycles. The van der Waals surface area contributed by atoms with Crippen molar-refractivity contribution < 1.29 is 9.90 Å². The third kappa shape index (κ3) is 2.12. The number of rotatable bonds is 3. The molecule has 1 aromatic carbocycles. The van der Waals surface area contributed by atoms with Crippen LogP contribution in [0.25, 0.3) is 11.0 Å². The van der Waals surface area contributed by atoms with E-state index >= 15 is 0 Å². The van der Waals surface area contributed by atoms with Crippen molar-refractivity contribution in [3.63, 3.8) is 0 Å². The maximum absolute atomic E-state index is 10.3. The maximum atomic E-state index is 10.3. The van der Waals surface area contributed by atoms with E-state index in [1.807, 2.05) is 0 Å². The minimum Gasteiger partial charge on any atom is -0.478 e. The van der Waals surface area contributed by atoms with E-state index < -0.39 is 5.97 Å². The zero-order valence-corrected chi connectivity index (χ0v) is 9.42. The Bertz CT molecular complexity index is 567. The maximum Gasteiger partial charge on any atom is 0.329 e. The van der Waals surface area contributed by atoms with Crippen molar-refractivity contribution >= 4 is 46.0 Å². The summed E-state index contributed by atoms with van der Waals surface area (Å²) in [6, 6.07) is 3.44. The molecule has 0 unspecified atom stereocenters. The van der Waals surface area contributed by atoms with Crippen LogP contribution in [0.1, 0.15) is 0 Å². The van der Waals surface area contributed by atoms with Gasteiger partial charge in [-0.05, 0) is 12.1 Å². The molecule has 1 heterocycles. The molecule has 0 bridgehead atoms. The van der Waals surface area contributed by atoms with Gasteiger partial charge in [0.05, 0.1) is 22.4 Å². The number of carboxylic acid groups (broad SMARTS) is 1. The molecule has 2 aromatic rings. The molecule has 0 aliphatic heterocycles. The van der Waals surface area contributed by atoms with Gasteiger partial charge in [0.25, 0.3) is 0 Å². The smallest absolute Gasteiger partial charge is 0.329 e. The Morgan fingerprint density at radius 3 is 3.06 bits per heavy atom. The summed E-state index contributed by atoms with van der Waals surface area (Å²) < 4.78 is 8.13. The third-order valence-corrected chi connectivity index (χ3v) is 2.69. The fraction of sp³-hybridized carbons (Fsp3) is 0. The number of carboxylic acids is 1. The zero-order chi connectivity index (χ0) is 11.5. The average molecular weight is 256 g/mol. The standard InChI is InChI=1S/C9H6ClN3O2S/c10-5-1-2-6-9(13-16-12-6)8(5)11-4-3-7(14)15/h1-4,11H,(H,14,15)/b4-3+. The van der Waals surface area contributed by atoms with Crippen LogP contribution in [-0.4, -0.2) is 19.8 Å². The molecule has 0 spiro atoms. The Hall–Kier alpha value is -1.66. The second kappa shape index (κ2) is 4.46. The number of carbonyl (C=O) groups is 1. The van der Waals surface area contributed by atoms with Crippen LogP contribution < -0.4 is 5.32 Å². The number of nitrogens with zero attached hydrogens (tertiary/aromatic N) is 2. The largest absolute Gasteiger partial charge is 0.478 e. The van der Waals surface area contributed by atoms with Gasteiger partial charge in [0, 0.05) is 12.3 Å². The molecule has 0 aliphatic carbocycles. The predicted octanol–water partition coefficient (Wildman–Crippen LogP) is 2.35. The molecule has 0 amide bonds. The van der Waals surface area contributed by atoms with Gasteiger partial charge in [-0.15, -0.1) is 0 Å². The van der Waals surface area contributed by atoms with E-state index in [1.165, 1.54) is 6.20 Å². The summed E-state index contributed by atoms with van der Waals surface area (Å²) in [6.07, 6.45) is 2.28. The molecule has 0 saturated heterocycles. The summed E-state index contributed by atoms with van der Waals surface area (Å²) in [5.74, 6) is -1.03. The van der Waals surface area contributed by atoms with Gasteiger partial charge in [0.2, 0.25) is 0 Å². The summed E-state index contributed by atoms with van der Waals surface area (Å²) in [5, 5.41) is 11.7. The highest BCUT2D eigenvalue weighted by molar-refractivity contribution is 7.00. The quantitative estimate of drug-likeness (QED) is 0.824. The zero-order valence-electron chi connectivity index (χ0n) is 7.85. The van der Waals surface area contributed by atoms with Gasteiger partial charge in [-0.2, -0.15) is 8.75 Å². The monoisotopic (exact) mass is 255 g/mol. The van der Waals surface area contributed by atoms with E-state index in [2.05, 4.69) is 14.1 Å². The summed E-state index contributed by atoms with van der Waals surface area (Å²) in [4.78, 5) is 10.3. The number of aromatic nitrogens is 2. The van der Waals surface area contributed by atoms with Crippen molar-refractivity contribution in [2.45, 2.75) is 0 Å². The molecule has 82 valence electrons. The van der Waals surface area contributed by atoms with Crippen molar-refractivity contribution in [1.82, 2.24) is 8.75 Å². The fourth-order valence-electron chi connectivity index (χ4n) is 1.16. The van der Waals surface area contributed by atoms with E-state index in [0.717, 1.165) is 23.3 Å². The Balaban J connectivity index is 2.38. The Morgan fingerprint density at radius 2 is 2.31 bits per heavy atom. The number of hydrogen-bond donors (Lipinski definition) is 2. The highest BCUT2D eigenvalue weighted by Crippen LogP contribution is 2.29. The highest BCUT2D eigenvalue weighted by atomic mass is 35.5.